The summed E-state index contributed by atoms with van der Waals surface area (Å²) >= 11 is 0. The van der Waals surface area contributed by atoms with Crippen molar-refractivity contribution in [2.45, 2.75) is 26.4 Å². The number of hydrogen-bond acceptors (Lipinski definition) is 3. The van der Waals surface area contributed by atoms with Crippen molar-refractivity contribution in [3.8, 4) is 5.88 Å². The van der Waals surface area contributed by atoms with Gasteiger partial charge in [0.05, 0.1) is 11.9 Å². The highest BCUT2D eigenvalue weighted by Crippen LogP contribution is 2.23. The van der Waals surface area contributed by atoms with E-state index in [9.17, 15) is 13.6 Å². The van der Waals surface area contributed by atoms with E-state index in [0.717, 1.165) is 12.8 Å². The molecule has 7 heteroatoms. The van der Waals surface area contributed by atoms with Crippen LogP contribution in [0.4, 0.5) is 19.3 Å². The Kier molecular flexibility index (Phi) is 6.01. The van der Waals surface area contributed by atoms with Crippen molar-refractivity contribution in [2.24, 2.45) is 0 Å². The molecule has 0 atom stereocenters. The smallest absolute Gasteiger partial charge is 0.388 e. The van der Waals surface area contributed by atoms with Gasteiger partial charge in [0.2, 0.25) is 5.88 Å². The third-order valence-electron chi connectivity index (χ3n) is 4.43. The van der Waals surface area contributed by atoms with Crippen molar-refractivity contribution in [2.75, 3.05) is 18.4 Å². The lowest BCUT2D eigenvalue weighted by molar-refractivity contribution is -0.0528. The minimum absolute atomic E-state index is 0.192. The Morgan fingerprint density at radius 2 is 2.04 bits per heavy atom. The highest BCUT2D eigenvalue weighted by molar-refractivity contribution is 5.89. The first-order valence-corrected chi connectivity index (χ1v) is 8.80. The van der Waals surface area contributed by atoms with Gasteiger partial charge >= 0.3 is 12.6 Å². The van der Waals surface area contributed by atoms with Gasteiger partial charge in [-0.05, 0) is 35.6 Å². The van der Waals surface area contributed by atoms with Gasteiger partial charge in [0.15, 0.2) is 0 Å². The number of nitrogens with zero attached hydrogens (tertiary/aromatic N) is 2. The van der Waals surface area contributed by atoms with Crippen LogP contribution in [0.3, 0.4) is 0 Å². The first-order valence-electron chi connectivity index (χ1n) is 8.80. The van der Waals surface area contributed by atoms with Crippen molar-refractivity contribution in [1.29, 1.82) is 0 Å². The lowest BCUT2D eigenvalue weighted by atomic mass is 9.98. The maximum atomic E-state index is 12.4. The number of carbonyl (C=O) groups excluding carboxylic acids is 1. The summed E-state index contributed by atoms with van der Waals surface area (Å²) in [5.41, 5.74) is 4.14. The van der Waals surface area contributed by atoms with E-state index in [4.69, 9.17) is 0 Å². The highest BCUT2D eigenvalue weighted by Gasteiger charge is 2.18. The number of halogens is 2. The number of ether oxygens (including phenoxy) is 1. The average molecular weight is 373 g/mol. The van der Waals surface area contributed by atoms with Crippen LogP contribution in [0.15, 0.2) is 48.7 Å². The molecule has 1 aliphatic rings. The van der Waals surface area contributed by atoms with Gasteiger partial charge in [-0.2, -0.15) is 8.78 Å². The van der Waals surface area contributed by atoms with Crippen LogP contribution in [-0.2, 0) is 6.42 Å². The second kappa shape index (κ2) is 8.62. The quantitative estimate of drug-likeness (QED) is 0.835. The van der Waals surface area contributed by atoms with Gasteiger partial charge in [-0.1, -0.05) is 37.3 Å². The first-order chi connectivity index (χ1) is 13.0. The number of anilines is 1. The molecule has 3 rings (SSSR count). The minimum Gasteiger partial charge on any atom is -0.417 e. The molecule has 0 saturated carbocycles. The van der Waals surface area contributed by atoms with Crippen molar-refractivity contribution in [3.05, 3.63) is 59.8 Å². The zero-order valence-electron chi connectivity index (χ0n) is 15.0. The molecule has 1 aliphatic heterocycles. The minimum atomic E-state index is -2.93. The number of pyridine rings is 1. The molecule has 5 nitrogen and oxygen atoms in total. The number of hydrogen-bond donors (Lipinski definition) is 1. The maximum Gasteiger partial charge on any atom is 0.388 e. The third-order valence-corrected chi connectivity index (χ3v) is 4.43. The number of aromatic nitrogens is 1. The Bertz CT molecular complexity index is 805. The molecule has 0 spiro atoms. The predicted molar refractivity (Wildman–Crippen MR) is 99.9 cm³/mol. The van der Waals surface area contributed by atoms with Gasteiger partial charge in [-0.3, -0.25) is 0 Å². The summed E-state index contributed by atoms with van der Waals surface area (Å²) in [6, 6.07) is 11.0. The van der Waals surface area contributed by atoms with Gasteiger partial charge in [-0.25, -0.2) is 9.78 Å². The zero-order valence-corrected chi connectivity index (χ0v) is 15.0. The van der Waals surface area contributed by atoms with E-state index >= 15 is 0 Å². The van der Waals surface area contributed by atoms with E-state index in [1.165, 1.54) is 35.0 Å². The normalized spacial score (nSPS) is 14.1. The number of nitrogens with one attached hydrogen (secondary N) is 1. The molecule has 2 amide bonds. The van der Waals surface area contributed by atoms with E-state index in [2.05, 4.69) is 52.3 Å². The summed E-state index contributed by atoms with van der Waals surface area (Å²) in [7, 11) is 0. The van der Waals surface area contributed by atoms with Crippen molar-refractivity contribution in [3.63, 3.8) is 0 Å². The number of amides is 2. The van der Waals surface area contributed by atoms with Gasteiger partial charge in [0, 0.05) is 19.2 Å². The molecule has 27 heavy (non-hydrogen) atoms. The summed E-state index contributed by atoms with van der Waals surface area (Å²) in [6.07, 6.45) is 5.13. The third kappa shape index (κ3) is 5.03. The molecule has 0 fully saturated rings. The standard InChI is InChI=1S/C20H21F2N3O2/c1-2-14-3-5-15(6-4-14)16-9-11-25(12-10-16)20(26)24-17-7-8-18(23-13-17)27-19(21)22/h3-9,13,19H,2,10-12H2,1H3,(H,24,26). The summed E-state index contributed by atoms with van der Waals surface area (Å²) in [5, 5.41) is 2.71. The van der Waals surface area contributed by atoms with E-state index < -0.39 is 6.61 Å². The molecule has 0 bridgehead atoms. The van der Waals surface area contributed by atoms with E-state index in [1.54, 1.807) is 4.90 Å². The van der Waals surface area contributed by atoms with Gasteiger partial charge < -0.3 is 15.0 Å². The lowest BCUT2D eigenvalue weighted by Gasteiger charge is -2.27. The molecule has 1 N–H and O–H groups in total. The van der Waals surface area contributed by atoms with Crippen LogP contribution in [-0.4, -0.2) is 35.6 Å². The molecular formula is C20H21F2N3O2. The molecular weight excluding hydrogens is 352 g/mol. The summed E-state index contributed by atoms with van der Waals surface area (Å²) in [4.78, 5) is 17.8. The van der Waals surface area contributed by atoms with Crippen LogP contribution in [0.2, 0.25) is 0 Å². The Hall–Kier alpha value is -2.96. The van der Waals surface area contributed by atoms with Gasteiger partial charge in [0.1, 0.15) is 0 Å². The molecule has 1 aromatic carbocycles. The molecule has 2 aromatic rings. The number of aryl methyl sites for hydroxylation is 1. The van der Waals surface area contributed by atoms with E-state index in [-0.39, 0.29) is 11.9 Å². The molecule has 2 heterocycles. The number of carbonyl (C=O) groups is 1. The van der Waals surface area contributed by atoms with Crippen LogP contribution in [0.1, 0.15) is 24.5 Å². The second-order valence-corrected chi connectivity index (χ2v) is 6.17. The van der Waals surface area contributed by atoms with Crippen molar-refractivity contribution in [1.82, 2.24) is 9.88 Å². The molecule has 0 unspecified atom stereocenters. The first kappa shape index (κ1) is 18.8. The number of urea groups is 1. The average Bonchev–Trinajstić information content (AvgIpc) is 2.69. The topological polar surface area (TPSA) is 54.5 Å². The highest BCUT2D eigenvalue weighted by atomic mass is 19.3. The monoisotopic (exact) mass is 373 g/mol. The van der Waals surface area contributed by atoms with Crippen molar-refractivity contribution >= 4 is 17.3 Å². The molecule has 0 saturated heterocycles. The van der Waals surface area contributed by atoms with Crippen LogP contribution in [0, 0.1) is 0 Å². The van der Waals surface area contributed by atoms with Crippen LogP contribution < -0.4 is 10.1 Å². The lowest BCUT2D eigenvalue weighted by Crippen LogP contribution is -2.37. The SMILES string of the molecule is CCc1ccc(C2=CCN(C(=O)Nc3ccc(OC(F)F)nc3)CC2)cc1. The predicted octanol–water partition coefficient (Wildman–Crippen LogP) is 4.57. The zero-order chi connectivity index (χ0) is 19.2. The fourth-order valence-corrected chi connectivity index (χ4v) is 2.89. The maximum absolute atomic E-state index is 12.4. The Balaban J connectivity index is 1.56. The fourth-order valence-electron chi connectivity index (χ4n) is 2.89. The van der Waals surface area contributed by atoms with Gasteiger partial charge in [-0.15, -0.1) is 0 Å². The van der Waals surface area contributed by atoms with Crippen LogP contribution >= 0.6 is 0 Å². The summed E-state index contributed by atoms with van der Waals surface area (Å²) < 4.78 is 28.4. The second-order valence-electron chi connectivity index (χ2n) is 6.17. The number of benzene rings is 1. The molecule has 1 aromatic heterocycles. The molecule has 142 valence electrons. The molecule has 0 aliphatic carbocycles. The van der Waals surface area contributed by atoms with Crippen LogP contribution in [0.5, 0.6) is 5.88 Å². The van der Waals surface area contributed by atoms with E-state index in [0.29, 0.717) is 18.8 Å². The van der Waals surface area contributed by atoms with Gasteiger partial charge in [0.25, 0.3) is 0 Å². The van der Waals surface area contributed by atoms with Crippen molar-refractivity contribution < 1.29 is 18.3 Å². The Morgan fingerprint density at radius 1 is 1.26 bits per heavy atom. The number of alkyl halides is 2. The Labute approximate surface area is 156 Å². The fraction of sp³-hybridized carbons (Fsp3) is 0.300. The summed E-state index contributed by atoms with van der Waals surface area (Å²) in [6.45, 7) is 0.315. The number of rotatable bonds is 5. The van der Waals surface area contributed by atoms with Crippen LogP contribution in [0.25, 0.3) is 5.57 Å². The largest absolute Gasteiger partial charge is 0.417 e. The van der Waals surface area contributed by atoms with E-state index in [1.807, 2.05) is 0 Å². The summed E-state index contributed by atoms with van der Waals surface area (Å²) in [5.74, 6) is -0.192. The molecule has 0 radical (unpaired) electrons. The Morgan fingerprint density at radius 3 is 2.59 bits per heavy atom.